The van der Waals surface area contributed by atoms with Gasteiger partial charge < -0.3 is 16.2 Å². The average molecular weight is 356 g/mol. The number of unbranched alkanes of at least 4 members (excludes halogenated alkanes) is 3. The number of hydrogen-bond donors (Lipinski definition) is 5. The Bertz CT molecular complexity index is 479. The molecule has 0 aromatic carbocycles. The van der Waals surface area contributed by atoms with Crippen LogP contribution >= 0.6 is 0 Å². The number of barbiturate groups is 1. The first kappa shape index (κ1) is 19.8. The zero-order chi connectivity index (χ0) is 18.3. The third-order valence-electron chi connectivity index (χ3n) is 5.47. The Hall–Kier alpha value is -1.55. The maximum Gasteiger partial charge on any atom is 0.328 e. The maximum absolute atomic E-state index is 12.9. The van der Waals surface area contributed by atoms with E-state index in [4.69, 9.17) is 5.73 Å². The summed E-state index contributed by atoms with van der Waals surface area (Å²) >= 11 is 0. The molecule has 2 rings (SSSR count). The zero-order valence-electron chi connectivity index (χ0n) is 14.7. The topological polar surface area (TPSA) is 134 Å². The number of carbonyl (C=O) groups excluding carboxylic acids is 3. The Morgan fingerprint density at radius 3 is 2.16 bits per heavy atom. The number of hydrogen-bond acceptors (Lipinski definition) is 6. The van der Waals surface area contributed by atoms with Crippen LogP contribution in [0.25, 0.3) is 0 Å². The Balaban J connectivity index is 2.31. The zero-order valence-corrected chi connectivity index (χ0v) is 14.7. The monoisotopic (exact) mass is 356 g/mol. The van der Waals surface area contributed by atoms with Crippen molar-refractivity contribution in [2.75, 3.05) is 45.9 Å². The summed E-state index contributed by atoms with van der Waals surface area (Å²) in [5.41, 5.74) is 4.14. The summed E-state index contributed by atoms with van der Waals surface area (Å²) < 4.78 is 0.179. The standard InChI is InChI=1S/C16H29N5O4/c17-6-4-2-1-3-5-16(13(23)19-15(25)20-14(16)24)21(11-12-22)9-7-18-8-10-21/h18,22H,1-12,17H2,(H-,19,20,23,24,25)/p+1. The number of nitrogens with zero attached hydrogens (tertiary/aromatic N) is 1. The molecule has 2 heterocycles. The lowest BCUT2D eigenvalue weighted by Crippen LogP contribution is -2.82. The molecule has 9 nitrogen and oxygen atoms in total. The first-order valence-electron chi connectivity index (χ1n) is 9.07. The van der Waals surface area contributed by atoms with Crippen LogP contribution in [-0.4, -0.2) is 78.8 Å². The molecule has 0 radical (unpaired) electrons. The molecule has 25 heavy (non-hydrogen) atoms. The number of rotatable bonds is 9. The van der Waals surface area contributed by atoms with E-state index in [9.17, 15) is 19.5 Å². The molecule has 0 spiro atoms. The molecule has 9 heteroatoms. The predicted octanol–water partition coefficient (Wildman–Crippen LogP) is -1.59. The van der Waals surface area contributed by atoms with Crippen molar-refractivity contribution in [3.8, 4) is 0 Å². The summed E-state index contributed by atoms with van der Waals surface area (Å²) in [6, 6.07) is -0.772. The number of aliphatic hydroxyl groups excluding tert-OH is 1. The van der Waals surface area contributed by atoms with Crippen molar-refractivity contribution in [2.24, 2.45) is 5.73 Å². The Morgan fingerprint density at radius 2 is 1.60 bits per heavy atom. The second-order valence-corrected chi connectivity index (χ2v) is 6.84. The quantitative estimate of drug-likeness (QED) is 0.192. The van der Waals surface area contributed by atoms with E-state index in [0.717, 1.165) is 19.3 Å². The normalized spacial score (nSPS) is 22.4. The summed E-state index contributed by atoms with van der Waals surface area (Å²) in [6.45, 7) is 3.23. The van der Waals surface area contributed by atoms with E-state index in [1.807, 2.05) is 0 Å². The Labute approximate surface area is 147 Å². The van der Waals surface area contributed by atoms with Crippen molar-refractivity contribution >= 4 is 17.8 Å². The molecule has 0 unspecified atom stereocenters. The molecule has 4 amide bonds. The number of nitrogens with one attached hydrogen (secondary N) is 3. The van der Waals surface area contributed by atoms with Gasteiger partial charge in [0.2, 0.25) is 0 Å². The molecule has 2 aliphatic heterocycles. The van der Waals surface area contributed by atoms with Crippen LogP contribution in [0.2, 0.25) is 0 Å². The molecule has 0 aromatic heterocycles. The highest BCUT2D eigenvalue weighted by Crippen LogP contribution is 2.34. The van der Waals surface area contributed by atoms with E-state index >= 15 is 0 Å². The van der Waals surface area contributed by atoms with Gasteiger partial charge in [-0.05, 0) is 19.4 Å². The second-order valence-electron chi connectivity index (χ2n) is 6.84. The minimum absolute atomic E-state index is 0.122. The van der Waals surface area contributed by atoms with Crippen LogP contribution in [0.3, 0.4) is 0 Å². The molecule has 2 saturated heterocycles. The van der Waals surface area contributed by atoms with Gasteiger partial charge in [-0.1, -0.05) is 12.8 Å². The van der Waals surface area contributed by atoms with Gasteiger partial charge in [0.1, 0.15) is 6.54 Å². The number of nitrogens with two attached hydrogens (primary N) is 1. The fraction of sp³-hybridized carbons (Fsp3) is 0.812. The van der Waals surface area contributed by atoms with E-state index in [1.165, 1.54) is 0 Å². The van der Waals surface area contributed by atoms with E-state index in [1.54, 1.807) is 0 Å². The van der Waals surface area contributed by atoms with Gasteiger partial charge >= 0.3 is 6.03 Å². The number of piperazine rings is 1. The van der Waals surface area contributed by atoms with Crippen LogP contribution in [-0.2, 0) is 9.59 Å². The summed E-state index contributed by atoms with van der Waals surface area (Å²) in [4.78, 5) is 37.4. The smallest absolute Gasteiger partial charge is 0.328 e. The predicted molar refractivity (Wildman–Crippen MR) is 91.4 cm³/mol. The van der Waals surface area contributed by atoms with Crippen molar-refractivity contribution < 1.29 is 24.0 Å². The summed E-state index contributed by atoms with van der Waals surface area (Å²) in [6.07, 6.45) is 3.75. The van der Waals surface area contributed by atoms with Crippen LogP contribution < -0.4 is 21.7 Å². The fourth-order valence-corrected chi connectivity index (χ4v) is 4.13. The van der Waals surface area contributed by atoms with Crippen LogP contribution in [0.4, 0.5) is 4.79 Å². The highest BCUT2D eigenvalue weighted by atomic mass is 16.3. The van der Waals surface area contributed by atoms with E-state index in [2.05, 4.69) is 16.0 Å². The van der Waals surface area contributed by atoms with Crippen LogP contribution in [0.5, 0.6) is 0 Å². The number of carbonyl (C=O) groups is 3. The summed E-state index contributed by atoms with van der Waals surface area (Å²) in [5, 5.41) is 17.4. The largest absolute Gasteiger partial charge is 0.391 e. The molecule has 142 valence electrons. The van der Waals surface area contributed by atoms with Crippen molar-refractivity contribution in [1.82, 2.24) is 16.0 Å². The maximum atomic E-state index is 12.9. The SMILES string of the molecule is NCCCCCCC1([N+]2(CCO)CCNCC2)C(=O)NC(=O)NC1=O. The van der Waals surface area contributed by atoms with Gasteiger partial charge in [-0.25, -0.2) is 4.79 Å². The first-order valence-corrected chi connectivity index (χ1v) is 9.07. The van der Waals surface area contributed by atoms with Gasteiger partial charge in [-0.15, -0.1) is 0 Å². The Kier molecular flexibility index (Phi) is 6.88. The highest BCUT2D eigenvalue weighted by molar-refractivity contribution is 6.21. The fourth-order valence-electron chi connectivity index (χ4n) is 4.13. The Morgan fingerprint density at radius 1 is 1.00 bits per heavy atom. The average Bonchev–Trinajstić information content (AvgIpc) is 2.58. The van der Waals surface area contributed by atoms with Crippen LogP contribution in [0.15, 0.2) is 0 Å². The molecule has 0 bridgehead atoms. The number of quaternary nitrogens is 1. The van der Waals surface area contributed by atoms with Gasteiger partial charge in [-0.2, -0.15) is 0 Å². The molecule has 0 aromatic rings. The molecule has 6 N–H and O–H groups in total. The van der Waals surface area contributed by atoms with E-state index < -0.39 is 23.4 Å². The minimum atomic E-state index is -1.37. The molecule has 0 aliphatic carbocycles. The lowest BCUT2D eigenvalue weighted by atomic mass is 9.82. The first-order chi connectivity index (χ1) is 12.0. The number of imide groups is 2. The van der Waals surface area contributed by atoms with Crippen molar-refractivity contribution in [3.05, 3.63) is 0 Å². The molecule has 0 saturated carbocycles. The summed E-state index contributed by atoms with van der Waals surface area (Å²) in [7, 11) is 0. The van der Waals surface area contributed by atoms with Crippen LogP contribution in [0.1, 0.15) is 32.1 Å². The van der Waals surface area contributed by atoms with Crippen molar-refractivity contribution in [3.63, 3.8) is 0 Å². The van der Waals surface area contributed by atoms with Gasteiger partial charge in [-0.3, -0.25) is 24.7 Å². The minimum Gasteiger partial charge on any atom is -0.391 e. The summed E-state index contributed by atoms with van der Waals surface area (Å²) in [5.74, 6) is -1.09. The molecule has 2 fully saturated rings. The number of urea groups is 1. The molecular weight excluding hydrogens is 326 g/mol. The third-order valence-corrected chi connectivity index (χ3v) is 5.47. The number of aliphatic hydroxyl groups is 1. The van der Waals surface area contributed by atoms with Crippen molar-refractivity contribution in [2.45, 2.75) is 37.6 Å². The van der Waals surface area contributed by atoms with E-state index in [-0.39, 0.29) is 11.1 Å². The van der Waals surface area contributed by atoms with Crippen molar-refractivity contribution in [1.29, 1.82) is 0 Å². The van der Waals surface area contributed by atoms with Gasteiger partial charge in [0.25, 0.3) is 17.4 Å². The van der Waals surface area contributed by atoms with Gasteiger partial charge in [0, 0.05) is 19.5 Å². The third kappa shape index (κ3) is 3.84. The molecular formula is C16H30N5O4+. The van der Waals surface area contributed by atoms with E-state index in [0.29, 0.717) is 52.1 Å². The van der Waals surface area contributed by atoms with Gasteiger partial charge in [0.05, 0.1) is 19.7 Å². The number of amides is 4. The van der Waals surface area contributed by atoms with Gasteiger partial charge in [0.15, 0.2) is 0 Å². The molecule has 2 aliphatic rings. The van der Waals surface area contributed by atoms with Crippen LogP contribution in [0, 0.1) is 0 Å². The lowest BCUT2D eigenvalue weighted by Gasteiger charge is -2.53. The lowest BCUT2D eigenvalue weighted by molar-refractivity contribution is -0.959. The second kappa shape index (κ2) is 8.70. The molecule has 0 atom stereocenters. The highest BCUT2D eigenvalue weighted by Gasteiger charge is 2.64.